The van der Waals surface area contributed by atoms with Gasteiger partial charge in [-0.25, -0.2) is 4.98 Å². The number of amides is 1. The zero-order valence-corrected chi connectivity index (χ0v) is 20.2. The minimum absolute atomic E-state index is 0.280. The Kier molecular flexibility index (Phi) is 9.24. The summed E-state index contributed by atoms with van der Waals surface area (Å²) in [5, 5.41) is 12.6. The van der Waals surface area contributed by atoms with Crippen molar-refractivity contribution in [3.8, 4) is 0 Å². The predicted octanol–water partition coefficient (Wildman–Crippen LogP) is 5.27. The normalized spacial score (nSPS) is 11.9. The van der Waals surface area contributed by atoms with Crippen molar-refractivity contribution in [2.75, 3.05) is 12.4 Å². The number of aliphatic carboxylic acids is 1. The van der Waals surface area contributed by atoms with Crippen molar-refractivity contribution in [2.24, 2.45) is 0 Å². The number of carboxylic acids is 1. The van der Waals surface area contributed by atoms with Gasteiger partial charge in [-0.1, -0.05) is 67.4 Å². The minimum atomic E-state index is -1.02. The van der Waals surface area contributed by atoms with Crippen molar-refractivity contribution in [2.45, 2.75) is 51.7 Å². The fraction of sp³-hybridized carbons (Fsp3) is 0.346. The van der Waals surface area contributed by atoms with Gasteiger partial charge in [-0.15, -0.1) is 0 Å². The van der Waals surface area contributed by atoms with E-state index in [0.29, 0.717) is 29.6 Å². The Morgan fingerprint density at radius 2 is 1.85 bits per heavy atom. The number of nitrogens with one attached hydrogen (secondary N) is 1. The third-order valence-corrected chi connectivity index (χ3v) is 5.90. The van der Waals surface area contributed by atoms with Gasteiger partial charge in [0.25, 0.3) is 0 Å². The first-order valence-corrected chi connectivity index (χ1v) is 11.7. The number of halogens is 1. The molecule has 2 aromatic carbocycles. The number of imidazole rings is 1. The van der Waals surface area contributed by atoms with E-state index in [9.17, 15) is 14.7 Å². The van der Waals surface area contributed by atoms with Crippen molar-refractivity contribution in [3.05, 3.63) is 82.4 Å². The summed E-state index contributed by atoms with van der Waals surface area (Å²) in [5.74, 6) is -1.23. The van der Waals surface area contributed by atoms with Crippen LogP contribution in [0.15, 0.2) is 54.6 Å². The van der Waals surface area contributed by atoms with E-state index in [1.54, 1.807) is 31.4 Å². The number of nitrogens with zero attached hydrogens (tertiary/aromatic N) is 2. The number of carboxylic acid groups (broad SMARTS) is 1. The van der Waals surface area contributed by atoms with Crippen molar-refractivity contribution in [3.63, 3.8) is 0 Å². The molecule has 1 aromatic heterocycles. The van der Waals surface area contributed by atoms with Crippen LogP contribution in [0.25, 0.3) is 0 Å². The van der Waals surface area contributed by atoms with Gasteiger partial charge >= 0.3 is 5.97 Å². The van der Waals surface area contributed by atoms with Crippen LogP contribution >= 0.6 is 11.6 Å². The molecule has 1 amide bonds. The molecule has 0 fully saturated rings. The Hall–Kier alpha value is -3.16. The highest BCUT2D eigenvalue weighted by atomic mass is 35.5. The fourth-order valence-corrected chi connectivity index (χ4v) is 4.07. The van der Waals surface area contributed by atoms with Crippen molar-refractivity contribution >= 4 is 29.2 Å². The first-order valence-electron chi connectivity index (χ1n) is 11.3. The molecule has 1 unspecified atom stereocenters. The molecule has 34 heavy (non-hydrogen) atoms. The molecule has 0 bridgehead atoms. The van der Waals surface area contributed by atoms with Crippen molar-refractivity contribution in [1.82, 2.24) is 9.55 Å². The number of anilines is 1. The lowest BCUT2D eigenvalue weighted by Crippen LogP contribution is -2.23. The number of carbonyl (C=O) groups is 2. The van der Waals surface area contributed by atoms with E-state index >= 15 is 0 Å². The van der Waals surface area contributed by atoms with E-state index in [2.05, 4.69) is 21.8 Å². The van der Waals surface area contributed by atoms with Gasteiger partial charge in [0, 0.05) is 25.8 Å². The van der Waals surface area contributed by atoms with Gasteiger partial charge in [-0.3, -0.25) is 9.59 Å². The monoisotopic (exact) mass is 483 g/mol. The first-order chi connectivity index (χ1) is 16.4. The topological polar surface area (TPSA) is 93.5 Å². The molecule has 0 saturated heterocycles. The van der Waals surface area contributed by atoms with E-state index < -0.39 is 11.9 Å². The third-order valence-electron chi connectivity index (χ3n) is 5.60. The van der Waals surface area contributed by atoms with Crippen LogP contribution in [0.4, 0.5) is 5.69 Å². The molecule has 1 atom stereocenters. The van der Waals surface area contributed by atoms with Crippen LogP contribution in [0.5, 0.6) is 0 Å². The van der Waals surface area contributed by atoms with Gasteiger partial charge in [0.2, 0.25) is 5.91 Å². The lowest BCUT2D eigenvalue weighted by atomic mass is 9.94. The second kappa shape index (κ2) is 12.3. The van der Waals surface area contributed by atoms with Gasteiger partial charge < -0.3 is 19.7 Å². The Bertz CT molecular complexity index is 1100. The largest absolute Gasteiger partial charge is 0.481 e. The maximum atomic E-state index is 12.9. The summed E-state index contributed by atoms with van der Waals surface area (Å²) in [7, 11) is 1.63. The first kappa shape index (κ1) is 25.5. The average Bonchev–Trinajstić information content (AvgIpc) is 3.12. The van der Waals surface area contributed by atoms with Gasteiger partial charge in [0.1, 0.15) is 5.82 Å². The lowest BCUT2D eigenvalue weighted by molar-refractivity contribution is -0.139. The number of hydrogen-bond donors (Lipinski definition) is 2. The second-order valence-electron chi connectivity index (χ2n) is 8.14. The molecule has 7 nitrogen and oxygen atoms in total. The molecule has 0 radical (unpaired) electrons. The highest BCUT2D eigenvalue weighted by molar-refractivity contribution is 6.30. The Labute approximate surface area is 204 Å². The van der Waals surface area contributed by atoms with Gasteiger partial charge in [-0.05, 0) is 29.7 Å². The number of unbranched alkanes of at least 4 members (excludes halogenated alkanes) is 1. The van der Waals surface area contributed by atoms with Crippen LogP contribution in [0.1, 0.15) is 54.7 Å². The third kappa shape index (κ3) is 6.68. The van der Waals surface area contributed by atoms with E-state index in [-0.39, 0.29) is 12.3 Å². The van der Waals surface area contributed by atoms with Gasteiger partial charge in [-0.2, -0.15) is 0 Å². The molecule has 0 aliphatic heterocycles. The summed E-state index contributed by atoms with van der Waals surface area (Å²) >= 11 is 6.37. The second-order valence-corrected chi connectivity index (χ2v) is 8.49. The summed E-state index contributed by atoms with van der Waals surface area (Å²) in [4.78, 5) is 28.7. The molecular formula is C26H30ClN3O4. The standard InChI is InChI=1S/C26H30ClN3O4/c1-3-4-10-23-29-25(27)22(17-34-2)30(23)16-18-11-13-20(14-12-18)28-26(33)21(15-24(31)32)19-8-6-5-7-9-19/h5-9,11-14,21H,3-4,10,15-17H2,1-2H3,(H,28,33)(H,31,32). The van der Waals surface area contributed by atoms with Gasteiger partial charge in [0.05, 0.1) is 24.6 Å². The SMILES string of the molecule is CCCCc1nc(Cl)c(COC)n1Cc1ccc(NC(=O)C(CC(=O)O)c2ccccc2)cc1. The van der Waals surface area contributed by atoms with Crippen LogP contribution in [-0.2, 0) is 33.9 Å². The number of ether oxygens (including phenoxy) is 1. The summed E-state index contributed by atoms with van der Waals surface area (Å²) < 4.78 is 7.41. The fourth-order valence-electron chi connectivity index (χ4n) is 3.82. The quantitative estimate of drug-likeness (QED) is 0.366. The van der Waals surface area contributed by atoms with Crippen LogP contribution in [0.3, 0.4) is 0 Å². The van der Waals surface area contributed by atoms with E-state index in [1.165, 1.54) is 0 Å². The zero-order chi connectivity index (χ0) is 24.5. The smallest absolute Gasteiger partial charge is 0.304 e. The Morgan fingerprint density at radius 1 is 1.15 bits per heavy atom. The average molecular weight is 484 g/mol. The number of carbonyl (C=O) groups excluding carboxylic acids is 1. The number of methoxy groups -OCH3 is 1. The predicted molar refractivity (Wildman–Crippen MR) is 132 cm³/mol. The van der Waals surface area contributed by atoms with Crippen LogP contribution in [-0.4, -0.2) is 33.6 Å². The number of benzene rings is 2. The summed E-state index contributed by atoms with van der Waals surface area (Å²) in [6, 6.07) is 16.4. The number of aryl methyl sites for hydroxylation is 1. The molecule has 0 spiro atoms. The maximum Gasteiger partial charge on any atom is 0.304 e. The molecule has 3 aromatic rings. The molecule has 2 N–H and O–H groups in total. The molecular weight excluding hydrogens is 454 g/mol. The van der Waals surface area contributed by atoms with Crippen LogP contribution in [0, 0.1) is 0 Å². The molecule has 0 aliphatic carbocycles. The van der Waals surface area contributed by atoms with Gasteiger partial charge in [0.15, 0.2) is 5.15 Å². The molecule has 0 aliphatic rings. The highest BCUT2D eigenvalue weighted by Crippen LogP contribution is 2.24. The molecule has 3 rings (SSSR count). The minimum Gasteiger partial charge on any atom is -0.481 e. The Balaban J connectivity index is 1.75. The van der Waals surface area contributed by atoms with E-state index in [1.807, 2.05) is 30.3 Å². The molecule has 1 heterocycles. The number of aromatic nitrogens is 2. The van der Waals surface area contributed by atoms with Crippen LogP contribution < -0.4 is 5.32 Å². The van der Waals surface area contributed by atoms with Crippen molar-refractivity contribution < 1.29 is 19.4 Å². The van der Waals surface area contributed by atoms with Crippen LogP contribution in [0.2, 0.25) is 5.15 Å². The zero-order valence-electron chi connectivity index (χ0n) is 19.5. The molecule has 0 saturated carbocycles. The highest BCUT2D eigenvalue weighted by Gasteiger charge is 2.23. The summed E-state index contributed by atoms with van der Waals surface area (Å²) in [5.41, 5.74) is 3.13. The van der Waals surface area contributed by atoms with E-state index in [0.717, 1.165) is 36.3 Å². The lowest BCUT2D eigenvalue weighted by Gasteiger charge is -2.16. The number of rotatable bonds is 12. The Morgan fingerprint density at radius 3 is 2.47 bits per heavy atom. The summed E-state index contributed by atoms with van der Waals surface area (Å²) in [6.07, 6.45) is 2.63. The number of hydrogen-bond acceptors (Lipinski definition) is 4. The van der Waals surface area contributed by atoms with E-state index in [4.69, 9.17) is 16.3 Å². The molecule has 180 valence electrons. The van der Waals surface area contributed by atoms with Crippen molar-refractivity contribution in [1.29, 1.82) is 0 Å². The molecule has 8 heteroatoms. The summed E-state index contributed by atoms with van der Waals surface area (Å²) in [6.45, 7) is 3.09. The maximum absolute atomic E-state index is 12.9.